The van der Waals surface area contributed by atoms with Gasteiger partial charge in [0, 0.05) is 43.3 Å². The van der Waals surface area contributed by atoms with Crippen molar-refractivity contribution < 1.29 is 14.3 Å². The van der Waals surface area contributed by atoms with Crippen molar-refractivity contribution in [1.29, 1.82) is 5.26 Å². The number of fused-ring (bicyclic) bond motifs is 2. The van der Waals surface area contributed by atoms with Gasteiger partial charge in [0.25, 0.3) is 0 Å². The monoisotopic (exact) mass is 488 g/mol. The normalized spacial score (nSPS) is 15.9. The number of unbranched alkanes of at least 4 members (excludes halogenated alkanes) is 1. The molecule has 2 aromatic carbocycles. The number of nitrogens with two attached hydrogens (primary N) is 1. The minimum atomic E-state index is -0.591. The molecule has 3 aromatic rings. The zero-order chi connectivity index (χ0) is 24.9. The van der Waals surface area contributed by atoms with E-state index < -0.39 is 6.03 Å². The topological polar surface area (TPSA) is 109 Å². The molecule has 0 radical (unpaired) electrons. The Bertz CT molecular complexity index is 1280. The molecule has 36 heavy (non-hydrogen) atoms. The van der Waals surface area contributed by atoms with Crippen LogP contribution in [0.5, 0.6) is 11.5 Å². The highest BCUT2D eigenvalue weighted by Crippen LogP contribution is 2.34. The number of aromatic nitrogens is 1. The number of hydrogen-bond donors (Lipinski definition) is 2. The third-order valence-electron chi connectivity index (χ3n) is 6.87. The van der Waals surface area contributed by atoms with Crippen LogP contribution in [-0.4, -0.2) is 61.4 Å². The molecule has 0 unspecified atom stereocenters. The maximum absolute atomic E-state index is 11.5. The lowest BCUT2D eigenvalue weighted by Gasteiger charge is -2.26. The summed E-state index contributed by atoms with van der Waals surface area (Å²) in [5, 5.41) is 13.0. The zero-order valence-electron chi connectivity index (χ0n) is 20.4. The summed E-state index contributed by atoms with van der Waals surface area (Å²) in [6, 6.07) is 15.3. The lowest BCUT2D eigenvalue weighted by atomic mass is 10.2. The van der Waals surface area contributed by atoms with Gasteiger partial charge in [-0.15, -0.1) is 0 Å². The van der Waals surface area contributed by atoms with Crippen LogP contribution in [0, 0.1) is 11.3 Å². The van der Waals surface area contributed by atoms with E-state index in [4.69, 9.17) is 15.2 Å². The standard InChI is InChI=1S/C27H32N6O3/c28-19-20-4-5-21-17-26(30-27(29)34)33(23(21)16-20)11-2-1-8-31-9-3-10-32(13-12-31)22-6-7-24-25(18-22)36-15-14-35-24/h4-7,16-18H,1-3,8-15H2,(H3,29,30,34). The molecule has 0 aliphatic carbocycles. The largest absolute Gasteiger partial charge is 0.486 e. The molecule has 1 saturated heterocycles. The number of nitrogens with one attached hydrogen (secondary N) is 1. The molecule has 2 aliphatic heterocycles. The van der Waals surface area contributed by atoms with Crippen molar-refractivity contribution in [3.05, 3.63) is 48.0 Å². The van der Waals surface area contributed by atoms with Crippen LogP contribution < -0.4 is 25.4 Å². The van der Waals surface area contributed by atoms with Gasteiger partial charge in [0.1, 0.15) is 19.0 Å². The van der Waals surface area contributed by atoms with Crippen LogP contribution in [-0.2, 0) is 6.54 Å². The van der Waals surface area contributed by atoms with E-state index in [1.807, 2.05) is 28.8 Å². The number of benzene rings is 2. The summed E-state index contributed by atoms with van der Waals surface area (Å²) in [6.07, 6.45) is 3.11. The van der Waals surface area contributed by atoms with Crippen molar-refractivity contribution in [2.45, 2.75) is 25.8 Å². The fourth-order valence-electron chi connectivity index (χ4n) is 5.08. The SMILES string of the molecule is N#Cc1ccc2cc(NC(N)=O)n(CCCCN3CCCN(c4ccc5c(c4)OCCO5)CC3)c2c1. The third kappa shape index (κ3) is 5.34. The van der Waals surface area contributed by atoms with Gasteiger partial charge in [0.15, 0.2) is 11.5 Å². The molecule has 0 saturated carbocycles. The number of ether oxygens (including phenoxy) is 2. The number of hydrogen-bond acceptors (Lipinski definition) is 6. The number of amides is 2. The van der Waals surface area contributed by atoms with Crippen LogP contribution in [0.15, 0.2) is 42.5 Å². The van der Waals surface area contributed by atoms with E-state index in [2.05, 4.69) is 33.3 Å². The summed E-state index contributed by atoms with van der Waals surface area (Å²) < 4.78 is 13.5. The summed E-state index contributed by atoms with van der Waals surface area (Å²) in [4.78, 5) is 16.5. The predicted octanol–water partition coefficient (Wildman–Crippen LogP) is 3.77. The van der Waals surface area contributed by atoms with Crippen LogP contribution in [0.25, 0.3) is 10.9 Å². The van der Waals surface area contributed by atoms with E-state index in [1.54, 1.807) is 6.07 Å². The lowest BCUT2D eigenvalue weighted by molar-refractivity contribution is 0.171. The number of carbonyl (C=O) groups is 1. The van der Waals surface area contributed by atoms with E-state index in [0.717, 1.165) is 80.9 Å². The van der Waals surface area contributed by atoms with E-state index >= 15 is 0 Å². The van der Waals surface area contributed by atoms with Gasteiger partial charge >= 0.3 is 6.03 Å². The highest BCUT2D eigenvalue weighted by atomic mass is 16.6. The average Bonchev–Trinajstić information content (AvgIpc) is 3.05. The Morgan fingerprint density at radius 2 is 1.81 bits per heavy atom. The Hall–Kier alpha value is -3.90. The van der Waals surface area contributed by atoms with Gasteiger partial charge in [0.05, 0.1) is 17.1 Å². The molecule has 3 heterocycles. The Labute approximate surface area is 211 Å². The van der Waals surface area contributed by atoms with Crippen LogP contribution in [0.2, 0.25) is 0 Å². The smallest absolute Gasteiger partial charge is 0.317 e. The Balaban J connectivity index is 1.16. The fourth-order valence-corrected chi connectivity index (χ4v) is 5.08. The second-order valence-corrected chi connectivity index (χ2v) is 9.27. The predicted molar refractivity (Wildman–Crippen MR) is 140 cm³/mol. The summed E-state index contributed by atoms with van der Waals surface area (Å²) in [5.41, 5.74) is 8.10. The second kappa shape index (κ2) is 10.8. The number of aryl methyl sites for hydroxylation is 1. The number of urea groups is 1. The molecule has 2 aliphatic rings. The molecule has 5 rings (SSSR count). The summed E-state index contributed by atoms with van der Waals surface area (Å²) in [6.45, 7) is 7.06. The number of nitrogens with zero attached hydrogens (tertiary/aromatic N) is 4. The van der Waals surface area contributed by atoms with E-state index in [0.29, 0.717) is 24.6 Å². The van der Waals surface area contributed by atoms with Gasteiger partial charge < -0.3 is 29.6 Å². The molecular formula is C27H32N6O3. The van der Waals surface area contributed by atoms with Gasteiger partial charge in [-0.2, -0.15) is 5.26 Å². The van der Waals surface area contributed by atoms with Crippen molar-refractivity contribution in [3.8, 4) is 17.6 Å². The molecule has 0 spiro atoms. The maximum atomic E-state index is 11.5. The molecule has 3 N–H and O–H groups in total. The Morgan fingerprint density at radius 3 is 2.64 bits per heavy atom. The number of primary amides is 1. The van der Waals surface area contributed by atoms with Gasteiger partial charge in [-0.05, 0) is 62.7 Å². The molecule has 188 valence electrons. The zero-order valence-corrected chi connectivity index (χ0v) is 20.4. The quantitative estimate of drug-likeness (QED) is 0.490. The first kappa shape index (κ1) is 23.8. The molecule has 0 atom stereocenters. The molecule has 0 bridgehead atoms. The van der Waals surface area contributed by atoms with Crippen molar-refractivity contribution >= 4 is 28.4 Å². The first-order valence-corrected chi connectivity index (χ1v) is 12.6. The molecule has 9 heteroatoms. The van der Waals surface area contributed by atoms with E-state index in [-0.39, 0.29) is 0 Å². The van der Waals surface area contributed by atoms with Gasteiger partial charge in [-0.25, -0.2) is 4.79 Å². The van der Waals surface area contributed by atoms with Crippen LogP contribution in [0.1, 0.15) is 24.8 Å². The lowest BCUT2D eigenvalue weighted by Crippen LogP contribution is -2.31. The van der Waals surface area contributed by atoms with Crippen molar-refractivity contribution in [3.63, 3.8) is 0 Å². The molecular weight excluding hydrogens is 456 g/mol. The van der Waals surface area contributed by atoms with Crippen molar-refractivity contribution in [2.24, 2.45) is 5.73 Å². The minimum Gasteiger partial charge on any atom is -0.486 e. The van der Waals surface area contributed by atoms with E-state index in [9.17, 15) is 10.1 Å². The summed E-state index contributed by atoms with van der Waals surface area (Å²) in [5.74, 6) is 2.33. The van der Waals surface area contributed by atoms with Gasteiger partial charge in [0.2, 0.25) is 0 Å². The van der Waals surface area contributed by atoms with Crippen molar-refractivity contribution in [2.75, 3.05) is 56.2 Å². The van der Waals surface area contributed by atoms with Gasteiger partial charge in [-0.1, -0.05) is 6.07 Å². The van der Waals surface area contributed by atoms with E-state index in [1.165, 1.54) is 5.69 Å². The van der Waals surface area contributed by atoms with Crippen molar-refractivity contribution in [1.82, 2.24) is 9.47 Å². The van der Waals surface area contributed by atoms with Crippen LogP contribution in [0.4, 0.5) is 16.3 Å². The Morgan fingerprint density at radius 1 is 0.972 bits per heavy atom. The highest BCUT2D eigenvalue weighted by Gasteiger charge is 2.18. The molecule has 1 fully saturated rings. The molecule has 2 amide bonds. The Kier molecular flexibility index (Phi) is 7.14. The maximum Gasteiger partial charge on any atom is 0.317 e. The van der Waals surface area contributed by atoms with Gasteiger partial charge in [-0.3, -0.25) is 5.32 Å². The van der Waals surface area contributed by atoms with Crippen LogP contribution in [0.3, 0.4) is 0 Å². The number of nitriles is 1. The fraction of sp³-hybridized carbons (Fsp3) is 0.407. The highest BCUT2D eigenvalue weighted by molar-refractivity contribution is 5.93. The van der Waals surface area contributed by atoms with Crippen LogP contribution >= 0.6 is 0 Å². The number of carbonyl (C=O) groups excluding carboxylic acids is 1. The summed E-state index contributed by atoms with van der Waals surface area (Å²) >= 11 is 0. The molecule has 9 nitrogen and oxygen atoms in total. The molecule has 1 aromatic heterocycles. The summed E-state index contributed by atoms with van der Waals surface area (Å²) in [7, 11) is 0. The first-order chi connectivity index (χ1) is 17.6. The third-order valence-corrected chi connectivity index (χ3v) is 6.87. The average molecular weight is 489 g/mol. The second-order valence-electron chi connectivity index (χ2n) is 9.27. The minimum absolute atomic E-state index is 0.591. The number of rotatable bonds is 7. The first-order valence-electron chi connectivity index (χ1n) is 12.6. The number of anilines is 2.